The van der Waals surface area contributed by atoms with Crippen LogP contribution in [-0.4, -0.2) is 18.0 Å². The van der Waals surface area contributed by atoms with Crippen LogP contribution in [0.3, 0.4) is 0 Å². The Hall–Kier alpha value is -0.860. The van der Waals surface area contributed by atoms with Crippen molar-refractivity contribution >= 4 is 21.4 Å². The molecule has 1 heterocycles. The Bertz CT molecular complexity index is 447. The lowest BCUT2D eigenvalue weighted by atomic mass is 10.1. The highest BCUT2D eigenvalue weighted by molar-refractivity contribution is 7.17. The Labute approximate surface area is 102 Å². The normalized spacial score (nSPS) is 11.4. The van der Waals surface area contributed by atoms with E-state index in [-0.39, 0.29) is 0 Å². The number of benzene rings is 1. The highest BCUT2D eigenvalue weighted by Gasteiger charge is 2.03. The minimum Gasteiger partial charge on any atom is -0.299 e. The lowest BCUT2D eigenvalue weighted by molar-refractivity contribution is 0.281. The van der Waals surface area contributed by atoms with Gasteiger partial charge in [0.15, 0.2) is 0 Å². The number of nitrogens with zero attached hydrogens (tertiary/aromatic N) is 1. The molecule has 1 aromatic carbocycles. The van der Waals surface area contributed by atoms with Gasteiger partial charge in [-0.05, 0) is 54.0 Å². The summed E-state index contributed by atoms with van der Waals surface area (Å²) in [7, 11) is 0. The molecule has 0 spiro atoms. The van der Waals surface area contributed by atoms with Gasteiger partial charge in [-0.1, -0.05) is 19.9 Å². The van der Waals surface area contributed by atoms with Crippen LogP contribution in [0.1, 0.15) is 25.8 Å². The molecule has 86 valence electrons. The first kappa shape index (κ1) is 11.6. The molecule has 2 heteroatoms. The van der Waals surface area contributed by atoms with E-state index in [1.54, 1.807) is 0 Å². The molecular weight excluding hydrogens is 214 g/mol. The maximum Gasteiger partial charge on any atom is 0.0342 e. The number of rotatable bonds is 5. The molecule has 0 amide bonds. The van der Waals surface area contributed by atoms with Gasteiger partial charge in [-0.25, -0.2) is 0 Å². The molecule has 0 aliphatic heterocycles. The van der Waals surface area contributed by atoms with Crippen LogP contribution in [0.4, 0.5) is 0 Å². The summed E-state index contributed by atoms with van der Waals surface area (Å²) in [4.78, 5) is 2.49. The van der Waals surface area contributed by atoms with Crippen LogP contribution in [0.25, 0.3) is 10.1 Å². The predicted octanol–water partition coefficient (Wildman–Crippen LogP) is 4.13. The Balaban J connectivity index is 2.13. The van der Waals surface area contributed by atoms with Gasteiger partial charge in [0.25, 0.3) is 0 Å². The Morgan fingerprint density at radius 1 is 1.19 bits per heavy atom. The zero-order valence-corrected chi connectivity index (χ0v) is 10.9. The third-order valence-corrected chi connectivity index (χ3v) is 3.81. The maximum atomic E-state index is 2.49. The Kier molecular flexibility index (Phi) is 3.97. The van der Waals surface area contributed by atoms with E-state index >= 15 is 0 Å². The van der Waals surface area contributed by atoms with Crippen molar-refractivity contribution in [3.63, 3.8) is 0 Å². The summed E-state index contributed by atoms with van der Waals surface area (Å²) in [5, 5.41) is 3.55. The monoisotopic (exact) mass is 233 g/mol. The van der Waals surface area contributed by atoms with Gasteiger partial charge in [0.05, 0.1) is 0 Å². The van der Waals surface area contributed by atoms with E-state index in [1.807, 2.05) is 11.3 Å². The number of thiophene rings is 1. The molecule has 16 heavy (non-hydrogen) atoms. The largest absolute Gasteiger partial charge is 0.299 e. The van der Waals surface area contributed by atoms with E-state index in [1.165, 1.54) is 28.6 Å². The molecule has 0 saturated carbocycles. The second-order valence-electron chi connectivity index (χ2n) is 4.16. The van der Waals surface area contributed by atoms with Crippen molar-refractivity contribution in [2.24, 2.45) is 0 Å². The standard InChI is InChI=1S/C14H19NS/c1-3-8-15(4-2)11-12-5-6-14-13(10-12)7-9-16-14/h5-7,9-10H,3-4,8,11H2,1-2H3. The maximum absolute atomic E-state index is 2.49. The van der Waals surface area contributed by atoms with Gasteiger partial charge in [0.2, 0.25) is 0 Å². The van der Waals surface area contributed by atoms with E-state index in [9.17, 15) is 0 Å². The van der Waals surface area contributed by atoms with Crippen LogP contribution >= 0.6 is 11.3 Å². The van der Waals surface area contributed by atoms with E-state index in [4.69, 9.17) is 0 Å². The van der Waals surface area contributed by atoms with E-state index in [2.05, 4.69) is 48.4 Å². The summed E-state index contributed by atoms with van der Waals surface area (Å²) < 4.78 is 1.39. The van der Waals surface area contributed by atoms with Crippen molar-refractivity contribution < 1.29 is 0 Å². The number of hydrogen-bond acceptors (Lipinski definition) is 2. The summed E-state index contributed by atoms with van der Waals surface area (Å²) in [5.41, 5.74) is 1.43. The van der Waals surface area contributed by atoms with Gasteiger partial charge in [0, 0.05) is 11.2 Å². The predicted molar refractivity (Wildman–Crippen MR) is 73.1 cm³/mol. The summed E-state index contributed by atoms with van der Waals surface area (Å²) in [6.45, 7) is 7.88. The second kappa shape index (κ2) is 5.46. The first-order valence-electron chi connectivity index (χ1n) is 6.02. The first-order valence-corrected chi connectivity index (χ1v) is 6.90. The molecule has 0 fully saturated rings. The first-order chi connectivity index (χ1) is 7.83. The molecule has 0 aliphatic rings. The zero-order valence-electron chi connectivity index (χ0n) is 10.1. The number of hydrogen-bond donors (Lipinski definition) is 0. The second-order valence-corrected chi connectivity index (χ2v) is 5.11. The summed E-state index contributed by atoms with van der Waals surface area (Å²) in [5.74, 6) is 0. The summed E-state index contributed by atoms with van der Waals surface area (Å²) in [6, 6.07) is 9.04. The van der Waals surface area contributed by atoms with Crippen LogP contribution in [0.2, 0.25) is 0 Å². The van der Waals surface area contributed by atoms with E-state index < -0.39 is 0 Å². The van der Waals surface area contributed by atoms with Gasteiger partial charge >= 0.3 is 0 Å². The quantitative estimate of drug-likeness (QED) is 0.750. The zero-order chi connectivity index (χ0) is 11.4. The molecule has 0 radical (unpaired) electrons. The topological polar surface area (TPSA) is 3.24 Å². The average Bonchev–Trinajstić information content (AvgIpc) is 2.75. The van der Waals surface area contributed by atoms with Crippen molar-refractivity contribution in [1.82, 2.24) is 4.90 Å². The molecule has 0 aliphatic carbocycles. The van der Waals surface area contributed by atoms with Gasteiger partial charge in [0.1, 0.15) is 0 Å². The van der Waals surface area contributed by atoms with Crippen molar-refractivity contribution in [1.29, 1.82) is 0 Å². The minimum atomic E-state index is 1.08. The summed E-state index contributed by atoms with van der Waals surface area (Å²) in [6.07, 6.45) is 1.23. The lowest BCUT2D eigenvalue weighted by Crippen LogP contribution is -2.23. The van der Waals surface area contributed by atoms with Crippen molar-refractivity contribution in [3.8, 4) is 0 Å². The lowest BCUT2D eigenvalue weighted by Gasteiger charge is -2.19. The molecular formula is C14H19NS. The SMILES string of the molecule is CCCN(CC)Cc1ccc2sccc2c1. The fourth-order valence-corrected chi connectivity index (χ4v) is 2.81. The van der Waals surface area contributed by atoms with Gasteiger partial charge in [-0.2, -0.15) is 0 Å². The highest BCUT2D eigenvalue weighted by Crippen LogP contribution is 2.22. The van der Waals surface area contributed by atoms with E-state index in [0.717, 1.165) is 13.1 Å². The highest BCUT2D eigenvalue weighted by atomic mass is 32.1. The molecule has 0 N–H and O–H groups in total. The van der Waals surface area contributed by atoms with Crippen LogP contribution < -0.4 is 0 Å². The van der Waals surface area contributed by atoms with E-state index in [0.29, 0.717) is 0 Å². The molecule has 0 saturated heterocycles. The fourth-order valence-electron chi connectivity index (χ4n) is 2.04. The fraction of sp³-hybridized carbons (Fsp3) is 0.429. The molecule has 0 unspecified atom stereocenters. The Morgan fingerprint density at radius 2 is 2.06 bits per heavy atom. The van der Waals surface area contributed by atoms with Gasteiger partial charge in [-0.15, -0.1) is 11.3 Å². The number of fused-ring (bicyclic) bond motifs is 1. The molecule has 0 atom stereocenters. The van der Waals surface area contributed by atoms with Gasteiger partial charge in [-0.3, -0.25) is 4.90 Å². The third kappa shape index (κ3) is 2.63. The van der Waals surface area contributed by atoms with Crippen LogP contribution in [0.5, 0.6) is 0 Å². The molecule has 1 aromatic heterocycles. The third-order valence-electron chi connectivity index (χ3n) is 2.91. The van der Waals surface area contributed by atoms with Gasteiger partial charge < -0.3 is 0 Å². The molecule has 2 aromatic rings. The Morgan fingerprint density at radius 3 is 2.81 bits per heavy atom. The van der Waals surface area contributed by atoms with Crippen molar-refractivity contribution in [2.75, 3.05) is 13.1 Å². The minimum absolute atomic E-state index is 1.08. The van der Waals surface area contributed by atoms with Crippen LogP contribution in [-0.2, 0) is 6.54 Å². The smallest absolute Gasteiger partial charge is 0.0342 e. The summed E-state index contributed by atoms with van der Waals surface area (Å²) >= 11 is 1.82. The molecule has 0 bridgehead atoms. The molecule has 1 nitrogen and oxygen atoms in total. The van der Waals surface area contributed by atoms with Crippen molar-refractivity contribution in [3.05, 3.63) is 35.2 Å². The average molecular weight is 233 g/mol. The molecule has 2 rings (SSSR count). The van der Waals surface area contributed by atoms with Crippen molar-refractivity contribution in [2.45, 2.75) is 26.8 Å². The van der Waals surface area contributed by atoms with Crippen LogP contribution in [0, 0.1) is 0 Å². The van der Waals surface area contributed by atoms with Crippen LogP contribution in [0.15, 0.2) is 29.6 Å².